The van der Waals surface area contributed by atoms with Crippen molar-refractivity contribution in [3.63, 3.8) is 0 Å². The summed E-state index contributed by atoms with van der Waals surface area (Å²) in [5.74, 6) is 0. The van der Waals surface area contributed by atoms with Crippen LogP contribution in [0, 0.1) is 11.3 Å². The van der Waals surface area contributed by atoms with Crippen LogP contribution in [0.4, 0.5) is 0 Å². The zero-order chi connectivity index (χ0) is 12.8. The lowest BCUT2D eigenvalue weighted by Gasteiger charge is -1.98. The van der Waals surface area contributed by atoms with E-state index in [1.54, 1.807) is 11.3 Å². The van der Waals surface area contributed by atoms with E-state index in [2.05, 4.69) is 28.7 Å². The van der Waals surface area contributed by atoms with Gasteiger partial charge in [-0.15, -0.1) is 11.3 Å². The van der Waals surface area contributed by atoms with Crippen LogP contribution in [-0.4, -0.2) is 11.5 Å². The second kappa shape index (κ2) is 6.29. The summed E-state index contributed by atoms with van der Waals surface area (Å²) in [6, 6.07) is 9.65. The highest BCUT2D eigenvalue weighted by Crippen LogP contribution is 2.22. The summed E-state index contributed by atoms with van der Waals surface area (Å²) in [4.78, 5) is 4.58. The van der Waals surface area contributed by atoms with E-state index in [4.69, 9.17) is 5.26 Å². The second-order valence-electron chi connectivity index (χ2n) is 3.99. The number of hydrogen-bond acceptors (Lipinski definition) is 4. The van der Waals surface area contributed by atoms with Crippen LogP contribution in [0.15, 0.2) is 29.6 Å². The topological polar surface area (TPSA) is 48.7 Å². The molecule has 0 amide bonds. The van der Waals surface area contributed by atoms with Gasteiger partial charge in [-0.05, 0) is 25.1 Å². The van der Waals surface area contributed by atoms with Crippen molar-refractivity contribution in [2.24, 2.45) is 0 Å². The van der Waals surface area contributed by atoms with Crippen molar-refractivity contribution in [3.05, 3.63) is 40.2 Å². The van der Waals surface area contributed by atoms with Gasteiger partial charge in [-0.2, -0.15) is 5.26 Å². The van der Waals surface area contributed by atoms with Crippen molar-refractivity contribution in [2.45, 2.75) is 19.9 Å². The fourth-order valence-corrected chi connectivity index (χ4v) is 2.39. The van der Waals surface area contributed by atoms with E-state index >= 15 is 0 Å². The molecule has 1 aromatic heterocycles. The maximum Gasteiger partial charge on any atom is 0.107 e. The molecule has 1 N–H and O–H groups in total. The lowest BCUT2D eigenvalue weighted by Crippen LogP contribution is -2.13. The molecule has 0 aliphatic rings. The fraction of sp³-hybridized carbons (Fsp3) is 0.286. The van der Waals surface area contributed by atoms with Crippen LogP contribution in [0.5, 0.6) is 0 Å². The summed E-state index contributed by atoms with van der Waals surface area (Å²) >= 11 is 1.67. The lowest BCUT2D eigenvalue weighted by atomic mass is 10.1. The molecule has 92 valence electrons. The van der Waals surface area contributed by atoms with Crippen molar-refractivity contribution in [2.75, 3.05) is 6.54 Å². The molecule has 0 saturated heterocycles. The zero-order valence-electron chi connectivity index (χ0n) is 10.3. The Morgan fingerprint density at radius 1 is 1.33 bits per heavy atom. The quantitative estimate of drug-likeness (QED) is 0.837. The Labute approximate surface area is 111 Å². The third-order valence-corrected chi connectivity index (χ3v) is 3.41. The van der Waals surface area contributed by atoms with Gasteiger partial charge in [0, 0.05) is 17.5 Å². The van der Waals surface area contributed by atoms with Crippen molar-refractivity contribution in [1.82, 2.24) is 10.3 Å². The molecule has 0 aliphatic carbocycles. The van der Waals surface area contributed by atoms with Crippen LogP contribution in [0.2, 0.25) is 0 Å². The third-order valence-electron chi connectivity index (χ3n) is 2.56. The molecule has 0 radical (unpaired) electrons. The molecule has 4 heteroatoms. The first-order valence-electron chi connectivity index (χ1n) is 5.99. The predicted molar refractivity (Wildman–Crippen MR) is 74.3 cm³/mol. The maximum atomic E-state index is 8.75. The van der Waals surface area contributed by atoms with Gasteiger partial charge in [-0.1, -0.05) is 19.1 Å². The summed E-state index contributed by atoms with van der Waals surface area (Å²) in [7, 11) is 0. The Hall–Kier alpha value is -1.70. The summed E-state index contributed by atoms with van der Waals surface area (Å²) in [5.41, 5.74) is 2.73. The van der Waals surface area contributed by atoms with E-state index in [9.17, 15) is 0 Å². The van der Waals surface area contributed by atoms with Gasteiger partial charge in [0.2, 0.25) is 0 Å². The summed E-state index contributed by atoms with van der Waals surface area (Å²) in [5, 5.41) is 15.3. The van der Waals surface area contributed by atoms with Gasteiger partial charge < -0.3 is 5.32 Å². The van der Waals surface area contributed by atoms with E-state index in [1.807, 2.05) is 24.3 Å². The molecule has 0 atom stereocenters. The molecule has 3 nitrogen and oxygen atoms in total. The van der Waals surface area contributed by atoms with Crippen molar-refractivity contribution in [3.8, 4) is 17.3 Å². The number of nitrogens with one attached hydrogen (secondary N) is 1. The highest BCUT2D eigenvalue weighted by atomic mass is 32.1. The minimum Gasteiger partial charge on any atom is -0.310 e. The molecule has 2 aromatic rings. The monoisotopic (exact) mass is 257 g/mol. The first-order valence-corrected chi connectivity index (χ1v) is 6.87. The minimum absolute atomic E-state index is 0.679. The van der Waals surface area contributed by atoms with E-state index in [0.717, 1.165) is 35.8 Å². The Kier molecular flexibility index (Phi) is 4.46. The molecular weight excluding hydrogens is 242 g/mol. The van der Waals surface area contributed by atoms with Crippen LogP contribution in [0.1, 0.15) is 23.9 Å². The van der Waals surface area contributed by atoms with Gasteiger partial charge in [-0.3, -0.25) is 0 Å². The van der Waals surface area contributed by atoms with Crippen LogP contribution >= 0.6 is 11.3 Å². The number of nitrogens with zero attached hydrogens (tertiary/aromatic N) is 2. The number of thiazole rings is 1. The number of rotatable bonds is 5. The van der Waals surface area contributed by atoms with Gasteiger partial charge >= 0.3 is 0 Å². The molecule has 0 aliphatic heterocycles. The minimum atomic E-state index is 0.679. The lowest BCUT2D eigenvalue weighted by molar-refractivity contribution is 0.673. The molecule has 2 rings (SSSR count). The number of benzene rings is 1. The molecule has 0 fully saturated rings. The molecule has 0 bridgehead atoms. The van der Waals surface area contributed by atoms with Crippen LogP contribution in [0.25, 0.3) is 11.3 Å². The Balaban J connectivity index is 2.06. The van der Waals surface area contributed by atoms with Crippen molar-refractivity contribution < 1.29 is 0 Å². The van der Waals surface area contributed by atoms with Crippen LogP contribution in [0.3, 0.4) is 0 Å². The highest BCUT2D eigenvalue weighted by molar-refractivity contribution is 7.09. The largest absolute Gasteiger partial charge is 0.310 e. The molecule has 0 spiro atoms. The van der Waals surface area contributed by atoms with Crippen molar-refractivity contribution in [1.29, 1.82) is 5.26 Å². The van der Waals surface area contributed by atoms with Gasteiger partial charge in [0.25, 0.3) is 0 Å². The van der Waals surface area contributed by atoms with Crippen LogP contribution < -0.4 is 5.32 Å². The first kappa shape index (κ1) is 12.7. The maximum absolute atomic E-state index is 8.75. The molecule has 0 unspecified atom stereocenters. The molecule has 1 heterocycles. The predicted octanol–water partition coefficient (Wildman–Crippen LogP) is 3.18. The molecular formula is C14H15N3S. The Bertz CT molecular complexity index is 537. The van der Waals surface area contributed by atoms with Gasteiger partial charge in [0.1, 0.15) is 5.01 Å². The van der Waals surface area contributed by atoms with Gasteiger partial charge in [0.05, 0.1) is 17.3 Å². The van der Waals surface area contributed by atoms with E-state index in [1.165, 1.54) is 0 Å². The van der Waals surface area contributed by atoms with E-state index in [-0.39, 0.29) is 0 Å². The summed E-state index contributed by atoms with van der Waals surface area (Å²) < 4.78 is 0. The molecule has 18 heavy (non-hydrogen) atoms. The standard InChI is InChI=1S/C14H15N3S/c1-2-7-16-9-14-17-13(10-18-14)12-5-3-11(8-15)4-6-12/h3-6,10,16H,2,7,9H2,1H3. The first-order chi connectivity index (χ1) is 8.83. The Morgan fingerprint density at radius 3 is 2.78 bits per heavy atom. The average molecular weight is 257 g/mol. The highest BCUT2D eigenvalue weighted by Gasteiger charge is 2.04. The smallest absolute Gasteiger partial charge is 0.107 e. The second-order valence-corrected chi connectivity index (χ2v) is 4.94. The number of nitriles is 1. The van der Waals surface area contributed by atoms with Crippen LogP contribution in [-0.2, 0) is 6.54 Å². The summed E-state index contributed by atoms with van der Waals surface area (Å²) in [6.07, 6.45) is 1.13. The fourth-order valence-electron chi connectivity index (χ4n) is 1.61. The zero-order valence-corrected chi connectivity index (χ0v) is 11.1. The number of aromatic nitrogens is 1. The van der Waals surface area contributed by atoms with E-state index < -0.39 is 0 Å². The average Bonchev–Trinajstić information content (AvgIpc) is 2.88. The SMILES string of the molecule is CCCNCc1nc(-c2ccc(C#N)cc2)cs1. The molecule has 0 saturated carbocycles. The normalized spacial score (nSPS) is 10.2. The van der Waals surface area contributed by atoms with Crippen molar-refractivity contribution >= 4 is 11.3 Å². The summed E-state index contributed by atoms with van der Waals surface area (Å²) in [6.45, 7) is 4.00. The Morgan fingerprint density at radius 2 is 2.11 bits per heavy atom. The van der Waals surface area contributed by atoms with E-state index in [0.29, 0.717) is 5.56 Å². The molecule has 1 aromatic carbocycles. The van der Waals surface area contributed by atoms with Gasteiger partial charge in [-0.25, -0.2) is 4.98 Å². The third kappa shape index (κ3) is 3.16. The number of hydrogen-bond donors (Lipinski definition) is 1. The van der Waals surface area contributed by atoms with Gasteiger partial charge in [0.15, 0.2) is 0 Å².